The molecule has 0 radical (unpaired) electrons. The minimum atomic E-state index is -0.230. The van der Waals surface area contributed by atoms with Crippen molar-refractivity contribution < 1.29 is 14.3 Å². The molecule has 0 aliphatic carbocycles. The van der Waals surface area contributed by atoms with Gasteiger partial charge in [0.25, 0.3) is 11.8 Å². The normalized spacial score (nSPS) is 10.5. The fourth-order valence-corrected chi connectivity index (χ4v) is 3.66. The molecule has 5 nitrogen and oxygen atoms in total. The van der Waals surface area contributed by atoms with E-state index in [0.717, 1.165) is 11.1 Å². The van der Waals surface area contributed by atoms with Crippen molar-refractivity contribution in [2.24, 2.45) is 0 Å². The van der Waals surface area contributed by atoms with Gasteiger partial charge >= 0.3 is 0 Å². The van der Waals surface area contributed by atoms with Crippen LogP contribution in [0, 0.1) is 0 Å². The first-order chi connectivity index (χ1) is 17.0. The SMILES string of the molecule is O=C(Nc1cccc(Oc2cccc(NC(=O)c3ccc(CCl)cc3)c2)c1)c1ccc(CCl)cc1. The summed E-state index contributed by atoms with van der Waals surface area (Å²) in [6, 6.07) is 28.4. The highest BCUT2D eigenvalue weighted by Crippen LogP contribution is 2.27. The third kappa shape index (κ3) is 6.63. The molecule has 7 heteroatoms. The number of ether oxygens (including phenoxy) is 1. The Hall–Kier alpha value is -3.80. The average Bonchev–Trinajstić information content (AvgIpc) is 2.89. The molecule has 4 rings (SSSR count). The molecule has 4 aromatic rings. The highest BCUT2D eigenvalue weighted by Gasteiger charge is 2.09. The lowest BCUT2D eigenvalue weighted by atomic mass is 10.1. The number of hydrogen-bond acceptors (Lipinski definition) is 3. The van der Waals surface area contributed by atoms with Crippen molar-refractivity contribution in [3.63, 3.8) is 0 Å². The molecule has 0 saturated heterocycles. The van der Waals surface area contributed by atoms with E-state index in [1.165, 1.54) is 0 Å². The van der Waals surface area contributed by atoms with Crippen LogP contribution in [0.5, 0.6) is 11.5 Å². The molecule has 0 aliphatic heterocycles. The summed E-state index contributed by atoms with van der Waals surface area (Å²) in [5, 5.41) is 5.74. The van der Waals surface area contributed by atoms with E-state index < -0.39 is 0 Å². The van der Waals surface area contributed by atoms with E-state index in [9.17, 15) is 9.59 Å². The molecule has 0 spiro atoms. The van der Waals surface area contributed by atoms with E-state index in [-0.39, 0.29) is 11.8 Å². The molecule has 35 heavy (non-hydrogen) atoms. The predicted molar refractivity (Wildman–Crippen MR) is 141 cm³/mol. The van der Waals surface area contributed by atoms with Gasteiger partial charge < -0.3 is 15.4 Å². The summed E-state index contributed by atoms with van der Waals surface area (Å²) < 4.78 is 5.96. The van der Waals surface area contributed by atoms with E-state index in [1.807, 2.05) is 24.3 Å². The molecular formula is C28H22Cl2N2O3. The number of alkyl halides is 2. The number of halogens is 2. The van der Waals surface area contributed by atoms with E-state index in [1.54, 1.807) is 72.8 Å². The Bertz CT molecular complexity index is 1220. The number of hydrogen-bond donors (Lipinski definition) is 2. The number of anilines is 2. The minimum Gasteiger partial charge on any atom is -0.457 e. The van der Waals surface area contributed by atoms with Crippen molar-refractivity contribution in [1.29, 1.82) is 0 Å². The van der Waals surface area contributed by atoms with Crippen molar-refractivity contribution in [2.75, 3.05) is 10.6 Å². The van der Waals surface area contributed by atoms with E-state index in [4.69, 9.17) is 27.9 Å². The zero-order valence-electron chi connectivity index (χ0n) is 18.6. The highest BCUT2D eigenvalue weighted by molar-refractivity contribution is 6.17. The van der Waals surface area contributed by atoms with Crippen molar-refractivity contribution in [2.45, 2.75) is 11.8 Å². The summed E-state index contributed by atoms with van der Waals surface area (Å²) >= 11 is 11.6. The molecule has 0 bridgehead atoms. The van der Waals surface area contributed by atoms with Crippen LogP contribution in [-0.4, -0.2) is 11.8 Å². The molecule has 0 heterocycles. The first kappa shape index (κ1) is 24.3. The average molecular weight is 505 g/mol. The number of rotatable bonds is 8. The second-order valence-electron chi connectivity index (χ2n) is 7.73. The van der Waals surface area contributed by atoms with Gasteiger partial charge in [-0.3, -0.25) is 9.59 Å². The van der Waals surface area contributed by atoms with E-state index in [0.29, 0.717) is 45.8 Å². The van der Waals surface area contributed by atoms with Gasteiger partial charge in [0.2, 0.25) is 0 Å². The summed E-state index contributed by atoms with van der Waals surface area (Å²) in [5.74, 6) is 1.42. The molecule has 2 N–H and O–H groups in total. The number of amides is 2. The summed E-state index contributed by atoms with van der Waals surface area (Å²) in [6.45, 7) is 0. The van der Waals surface area contributed by atoms with Gasteiger partial charge in [0.1, 0.15) is 11.5 Å². The molecule has 0 aromatic heterocycles. The van der Waals surface area contributed by atoms with Gasteiger partial charge in [-0.25, -0.2) is 0 Å². The molecular weight excluding hydrogens is 483 g/mol. The van der Waals surface area contributed by atoms with Gasteiger partial charge in [0.15, 0.2) is 0 Å². The monoisotopic (exact) mass is 504 g/mol. The lowest BCUT2D eigenvalue weighted by molar-refractivity contribution is 0.101. The van der Waals surface area contributed by atoms with Crippen LogP contribution in [0.15, 0.2) is 97.1 Å². The second kappa shape index (κ2) is 11.6. The molecule has 0 saturated carbocycles. The van der Waals surface area contributed by atoms with Crippen molar-refractivity contribution >= 4 is 46.4 Å². The van der Waals surface area contributed by atoms with Crippen LogP contribution in [0.4, 0.5) is 11.4 Å². The van der Waals surface area contributed by atoms with Crippen LogP contribution < -0.4 is 15.4 Å². The molecule has 4 aromatic carbocycles. The third-order valence-electron chi connectivity index (χ3n) is 5.16. The van der Waals surface area contributed by atoms with Crippen LogP contribution in [0.1, 0.15) is 31.8 Å². The van der Waals surface area contributed by atoms with E-state index in [2.05, 4.69) is 10.6 Å². The fraction of sp³-hybridized carbons (Fsp3) is 0.0714. The summed E-state index contributed by atoms with van der Waals surface area (Å²) in [6.07, 6.45) is 0. The van der Waals surface area contributed by atoms with Gasteiger partial charge in [0.05, 0.1) is 0 Å². The molecule has 0 fully saturated rings. The number of nitrogens with one attached hydrogen (secondary N) is 2. The summed E-state index contributed by atoms with van der Waals surface area (Å²) in [4.78, 5) is 25.1. The number of carbonyl (C=O) groups excluding carboxylic acids is 2. The molecule has 0 aliphatic rings. The third-order valence-corrected chi connectivity index (χ3v) is 5.78. The molecule has 176 valence electrons. The predicted octanol–water partition coefficient (Wildman–Crippen LogP) is 7.46. The lowest BCUT2D eigenvalue weighted by Crippen LogP contribution is -2.12. The van der Waals surface area contributed by atoms with Crippen molar-refractivity contribution in [1.82, 2.24) is 0 Å². The maximum absolute atomic E-state index is 12.6. The Morgan fingerprint density at radius 3 is 1.37 bits per heavy atom. The molecule has 0 unspecified atom stereocenters. The smallest absolute Gasteiger partial charge is 0.255 e. The Labute approximate surface area is 213 Å². The molecule has 2 amide bonds. The molecule has 0 atom stereocenters. The topological polar surface area (TPSA) is 67.4 Å². The largest absolute Gasteiger partial charge is 0.457 e. The zero-order chi connectivity index (χ0) is 24.6. The van der Waals surface area contributed by atoms with E-state index >= 15 is 0 Å². The quantitative estimate of drug-likeness (QED) is 0.244. The van der Waals surface area contributed by atoms with Crippen LogP contribution >= 0.6 is 23.2 Å². The fourth-order valence-electron chi connectivity index (χ4n) is 3.31. The standard InChI is InChI=1S/C28H22Cl2N2O3/c29-17-19-7-11-21(12-8-19)27(33)31-23-3-1-5-25(15-23)35-26-6-2-4-24(16-26)32-28(34)22-13-9-20(18-30)10-14-22/h1-16H,17-18H2,(H,31,33)(H,32,34). The van der Waals surface area contributed by atoms with Gasteiger partial charge in [0, 0.05) is 46.4 Å². The minimum absolute atomic E-state index is 0.230. The van der Waals surface area contributed by atoms with Gasteiger partial charge in [-0.2, -0.15) is 0 Å². The Kier molecular flexibility index (Phi) is 8.03. The maximum Gasteiger partial charge on any atom is 0.255 e. The Balaban J connectivity index is 1.41. The van der Waals surface area contributed by atoms with Gasteiger partial charge in [-0.15, -0.1) is 23.2 Å². The van der Waals surface area contributed by atoms with Crippen LogP contribution in [0.25, 0.3) is 0 Å². The Morgan fingerprint density at radius 1 is 0.600 bits per heavy atom. The van der Waals surface area contributed by atoms with Gasteiger partial charge in [-0.1, -0.05) is 36.4 Å². The van der Waals surface area contributed by atoms with Crippen LogP contribution in [-0.2, 0) is 11.8 Å². The number of benzene rings is 4. The second-order valence-corrected chi connectivity index (χ2v) is 8.26. The Morgan fingerprint density at radius 2 is 1.00 bits per heavy atom. The summed E-state index contributed by atoms with van der Waals surface area (Å²) in [5.41, 5.74) is 4.15. The lowest BCUT2D eigenvalue weighted by Gasteiger charge is -2.11. The first-order valence-corrected chi connectivity index (χ1v) is 11.9. The van der Waals surface area contributed by atoms with Crippen molar-refractivity contribution in [3.05, 3.63) is 119 Å². The first-order valence-electron chi connectivity index (χ1n) is 10.8. The van der Waals surface area contributed by atoms with Gasteiger partial charge in [-0.05, 0) is 59.7 Å². The maximum atomic E-state index is 12.6. The number of carbonyl (C=O) groups is 2. The van der Waals surface area contributed by atoms with Crippen molar-refractivity contribution in [3.8, 4) is 11.5 Å². The van der Waals surface area contributed by atoms with Crippen LogP contribution in [0.2, 0.25) is 0 Å². The summed E-state index contributed by atoms with van der Waals surface area (Å²) in [7, 11) is 0. The van der Waals surface area contributed by atoms with Crippen LogP contribution in [0.3, 0.4) is 0 Å². The zero-order valence-corrected chi connectivity index (χ0v) is 20.1. The highest BCUT2D eigenvalue weighted by atomic mass is 35.5.